The smallest absolute Gasteiger partial charge is 0.241 e. The van der Waals surface area contributed by atoms with Crippen molar-refractivity contribution in [2.75, 3.05) is 5.73 Å². The van der Waals surface area contributed by atoms with E-state index in [4.69, 9.17) is 10.5 Å². The van der Waals surface area contributed by atoms with Crippen molar-refractivity contribution in [3.63, 3.8) is 0 Å². The Hall–Kier alpha value is -2.04. The molecule has 17 heavy (non-hydrogen) atoms. The standard InChI is InChI=1S/C12H14FN3O/c1-3-16-12(11(14)8(2)15-16)17-10-6-4-5-9(13)7-10/h4-7H,3,14H2,1-2H3. The Kier molecular flexibility index (Phi) is 2.99. The number of anilines is 1. The zero-order valence-electron chi connectivity index (χ0n) is 9.77. The van der Waals surface area contributed by atoms with Crippen LogP contribution in [0.1, 0.15) is 12.6 Å². The third-order valence-electron chi connectivity index (χ3n) is 2.44. The minimum Gasteiger partial charge on any atom is -0.437 e. The van der Waals surface area contributed by atoms with E-state index in [0.29, 0.717) is 29.6 Å². The van der Waals surface area contributed by atoms with Crippen molar-refractivity contribution in [2.24, 2.45) is 0 Å². The number of aromatic nitrogens is 2. The average molecular weight is 235 g/mol. The van der Waals surface area contributed by atoms with Gasteiger partial charge in [0.05, 0.1) is 5.69 Å². The first-order chi connectivity index (χ1) is 8.11. The SMILES string of the molecule is CCn1nc(C)c(N)c1Oc1cccc(F)c1. The lowest BCUT2D eigenvalue weighted by Crippen LogP contribution is -2.00. The van der Waals surface area contributed by atoms with E-state index >= 15 is 0 Å². The van der Waals surface area contributed by atoms with Crippen LogP contribution >= 0.6 is 0 Å². The van der Waals surface area contributed by atoms with Gasteiger partial charge in [-0.1, -0.05) is 6.07 Å². The fourth-order valence-corrected chi connectivity index (χ4v) is 1.54. The molecular weight excluding hydrogens is 221 g/mol. The van der Waals surface area contributed by atoms with Gasteiger partial charge in [0.15, 0.2) is 0 Å². The van der Waals surface area contributed by atoms with Crippen molar-refractivity contribution >= 4 is 5.69 Å². The molecule has 0 aliphatic rings. The summed E-state index contributed by atoms with van der Waals surface area (Å²) in [5, 5.41) is 4.22. The second-order valence-electron chi connectivity index (χ2n) is 3.68. The molecule has 5 heteroatoms. The van der Waals surface area contributed by atoms with Crippen molar-refractivity contribution in [3.05, 3.63) is 35.8 Å². The van der Waals surface area contributed by atoms with Gasteiger partial charge in [-0.15, -0.1) is 0 Å². The molecule has 0 saturated carbocycles. The minimum absolute atomic E-state index is 0.347. The molecule has 0 bridgehead atoms. The molecule has 1 aromatic carbocycles. The number of nitrogens with zero attached hydrogens (tertiary/aromatic N) is 2. The van der Waals surface area contributed by atoms with Crippen LogP contribution in [0, 0.1) is 12.7 Å². The number of ether oxygens (including phenoxy) is 1. The van der Waals surface area contributed by atoms with Gasteiger partial charge in [-0.25, -0.2) is 9.07 Å². The number of rotatable bonds is 3. The van der Waals surface area contributed by atoms with Crippen molar-refractivity contribution in [1.82, 2.24) is 9.78 Å². The second kappa shape index (κ2) is 4.45. The second-order valence-corrected chi connectivity index (χ2v) is 3.68. The lowest BCUT2D eigenvalue weighted by atomic mass is 10.3. The number of hydrogen-bond donors (Lipinski definition) is 1. The van der Waals surface area contributed by atoms with Gasteiger partial charge in [-0.2, -0.15) is 5.10 Å². The Morgan fingerprint density at radius 3 is 2.88 bits per heavy atom. The average Bonchev–Trinajstić information content (AvgIpc) is 2.57. The lowest BCUT2D eigenvalue weighted by Gasteiger charge is -2.08. The summed E-state index contributed by atoms with van der Waals surface area (Å²) in [5.41, 5.74) is 7.05. The molecule has 0 amide bonds. The summed E-state index contributed by atoms with van der Waals surface area (Å²) in [6, 6.07) is 5.92. The summed E-state index contributed by atoms with van der Waals surface area (Å²) in [6.07, 6.45) is 0. The monoisotopic (exact) mass is 235 g/mol. The molecular formula is C12H14FN3O. The normalized spacial score (nSPS) is 10.5. The third-order valence-corrected chi connectivity index (χ3v) is 2.44. The number of nitrogens with two attached hydrogens (primary N) is 1. The van der Waals surface area contributed by atoms with E-state index in [0.717, 1.165) is 0 Å². The Morgan fingerprint density at radius 1 is 1.47 bits per heavy atom. The van der Waals surface area contributed by atoms with Crippen LogP contribution in [0.4, 0.5) is 10.1 Å². The fourth-order valence-electron chi connectivity index (χ4n) is 1.54. The summed E-state index contributed by atoms with van der Waals surface area (Å²) in [6.45, 7) is 4.38. The maximum absolute atomic E-state index is 13.0. The molecule has 90 valence electrons. The number of nitrogen functional groups attached to an aromatic ring is 1. The largest absolute Gasteiger partial charge is 0.437 e. The maximum atomic E-state index is 13.0. The van der Waals surface area contributed by atoms with Crippen LogP contribution in [-0.2, 0) is 6.54 Å². The first-order valence-electron chi connectivity index (χ1n) is 5.38. The zero-order chi connectivity index (χ0) is 12.4. The number of hydrogen-bond acceptors (Lipinski definition) is 3. The predicted molar refractivity (Wildman–Crippen MR) is 63.5 cm³/mol. The first-order valence-corrected chi connectivity index (χ1v) is 5.38. The molecule has 2 aromatic rings. The van der Waals surface area contributed by atoms with Crippen molar-refractivity contribution < 1.29 is 9.13 Å². The van der Waals surface area contributed by atoms with Crippen LogP contribution in [0.2, 0.25) is 0 Å². The van der Waals surface area contributed by atoms with Crippen molar-refractivity contribution in [3.8, 4) is 11.6 Å². The molecule has 0 fully saturated rings. The molecule has 2 rings (SSSR count). The van der Waals surface area contributed by atoms with E-state index in [1.165, 1.54) is 12.1 Å². The van der Waals surface area contributed by atoms with Crippen LogP contribution in [0.3, 0.4) is 0 Å². The Labute approximate surface area is 98.8 Å². The number of aryl methyl sites for hydroxylation is 2. The lowest BCUT2D eigenvalue weighted by molar-refractivity contribution is 0.415. The van der Waals surface area contributed by atoms with Crippen molar-refractivity contribution in [2.45, 2.75) is 20.4 Å². The van der Waals surface area contributed by atoms with Crippen LogP contribution in [0.5, 0.6) is 11.6 Å². The van der Waals surface area contributed by atoms with E-state index in [1.54, 1.807) is 23.7 Å². The van der Waals surface area contributed by atoms with Crippen LogP contribution in [0.15, 0.2) is 24.3 Å². The summed E-state index contributed by atoms with van der Waals surface area (Å²) in [7, 11) is 0. The number of benzene rings is 1. The number of halogens is 1. The molecule has 4 nitrogen and oxygen atoms in total. The minimum atomic E-state index is -0.347. The van der Waals surface area contributed by atoms with E-state index in [2.05, 4.69) is 5.10 Å². The third kappa shape index (κ3) is 2.22. The highest BCUT2D eigenvalue weighted by Gasteiger charge is 2.13. The van der Waals surface area contributed by atoms with Gasteiger partial charge in [-0.3, -0.25) is 0 Å². The van der Waals surface area contributed by atoms with Gasteiger partial charge in [0.25, 0.3) is 0 Å². The first kappa shape index (κ1) is 11.4. The molecule has 0 aliphatic heterocycles. The highest BCUT2D eigenvalue weighted by atomic mass is 19.1. The molecule has 0 radical (unpaired) electrons. The molecule has 1 heterocycles. The van der Waals surface area contributed by atoms with Gasteiger partial charge in [0, 0.05) is 12.6 Å². The molecule has 0 spiro atoms. The highest BCUT2D eigenvalue weighted by molar-refractivity contribution is 5.53. The predicted octanol–water partition coefficient (Wildman–Crippen LogP) is 2.73. The van der Waals surface area contributed by atoms with E-state index in [9.17, 15) is 4.39 Å². The quantitative estimate of drug-likeness (QED) is 0.889. The molecule has 2 N–H and O–H groups in total. The highest BCUT2D eigenvalue weighted by Crippen LogP contribution is 2.29. The summed E-state index contributed by atoms with van der Waals surface area (Å²) < 4.78 is 20.2. The summed E-state index contributed by atoms with van der Waals surface area (Å²) >= 11 is 0. The summed E-state index contributed by atoms with van der Waals surface area (Å²) in [4.78, 5) is 0. The Balaban J connectivity index is 2.35. The molecule has 0 atom stereocenters. The van der Waals surface area contributed by atoms with E-state index in [-0.39, 0.29) is 5.82 Å². The summed E-state index contributed by atoms with van der Waals surface area (Å²) in [5.74, 6) is 0.516. The zero-order valence-corrected chi connectivity index (χ0v) is 9.77. The van der Waals surface area contributed by atoms with Crippen molar-refractivity contribution in [1.29, 1.82) is 0 Å². The Bertz CT molecular complexity index is 537. The molecule has 0 saturated heterocycles. The topological polar surface area (TPSA) is 53.1 Å². The van der Waals surface area contributed by atoms with Gasteiger partial charge in [0.2, 0.25) is 5.88 Å². The van der Waals surface area contributed by atoms with E-state index < -0.39 is 0 Å². The van der Waals surface area contributed by atoms with Gasteiger partial charge >= 0.3 is 0 Å². The maximum Gasteiger partial charge on any atom is 0.241 e. The van der Waals surface area contributed by atoms with Gasteiger partial charge in [-0.05, 0) is 26.0 Å². The fraction of sp³-hybridized carbons (Fsp3) is 0.250. The van der Waals surface area contributed by atoms with Crippen LogP contribution in [0.25, 0.3) is 0 Å². The molecule has 0 aliphatic carbocycles. The van der Waals surface area contributed by atoms with E-state index in [1.807, 2.05) is 6.92 Å². The van der Waals surface area contributed by atoms with Gasteiger partial charge < -0.3 is 10.5 Å². The Morgan fingerprint density at radius 2 is 2.24 bits per heavy atom. The van der Waals surface area contributed by atoms with Crippen LogP contribution < -0.4 is 10.5 Å². The van der Waals surface area contributed by atoms with Gasteiger partial charge in [0.1, 0.15) is 17.3 Å². The molecule has 1 aromatic heterocycles. The van der Waals surface area contributed by atoms with Crippen LogP contribution in [-0.4, -0.2) is 9.78 Å². The molecule has 0 unspecified atom stereocenters.